The van der Waals surface area contributed by atoms with Gasteiger partial charge in [-0.05, 0) is 0 Å². The smallest absolute Gasteiger partial charge is 0.289 e. The summed E-state index contributed by atoms with van der Waals surface area (Å²) in [6.45, 7) is -0.150. The molecule has 2 atom stereocenters. The Bertz CT molecular complexity index is 1350. The predicted molar refractivity (Wildman–Crippen MR) is 122 cm³/mol. The van der Waals surface area contributed by atoms with E-state index >= 15 is 0 Å². The molecule has 0 saturated carbocycles. The van der Waals surface area contributed by atoms with Gasteiger partial charge in [0.15, 0.2) is 11.6 Å². The number of hydrogen-bond donors (Lipinski definition) is 2. The molecule has 1 aromatic carbocycles. The molecule has 1 aliphatic heterocycles. The molecule has 170 valence electrons. The fourth-order valence-corrected chi connectivity index (χ4v) is 4.18. The van der Waals surface area contributed by atoms with Gasteiger partial charge < -0.3 is 10.1 Å². The van der Waals surface area contributed by atoms with Gasteiger partial charge in [0.1, 0.15) is 12.6 Å². The molecule has 2 amide bonds. The van der Waals surface area contributed by atoms with Gasteiger partial charge in [-0.15, -0.1) is 0 Å². The van der Waals surface area contributed by atoms with E-state index < -0.39 is 27.6 Å². The van der Waals surface area contributed by atoms with Crippen LogP contribution >= 0.6 is 11.6 Å². The molecule has 2 unspecified atom stereocenters. The molecule has 0 radical (unpaired) electrons. The molecule has 3 aromatic rings. The van der Waals surface area contributed by atoms with Gasteiger partial charge in [0, 0.05) is 37.3 Å². The topological polar surface area (TPSA) is 138 Å². The van der Waals surface area contributed by atoms with Crippen molar-refractivity contribution in [2.45, 2.75) is 10.9 Å². The van der Waals surface area contributed by atoms with E-state index in [1.807, 2.05) is 0 Å². The molecule has 33 heavy (non-hydrogen) atoms. The highest BCUT2D eigenvalue weighted by molar-refractivity contribution is 7.91. The summed E-state index contributed by atoms with van der Waals surface area (Å²) in [4.78, 5) is 39.6. The third-order valence-electron chi connectivity index (χ3n) is 4.88. The van der Waals surface area contributed by atoms with Gasteiger partial charge in [-0.2, -0.15) is 0 Å². The average molecular weight is 487 g/mol. The highest BCUT2D eigenvalue weighted by atomic mass is 35.5. The lowest BCUT2D eigenvalue weighted by Gasteiger charge is -2.19. The fourth-order valence-electron chi connectivity index (χ4n) is 3.25. The number of amides is 2. The number of ether oxygens (including phenoxy) is 1. The molecule has 2 aromatic heterocycles. The van der Waals surface area contributed by atoms with Gasteiger partial charge in [-0.3, -0.25) is 14.5 Å². The summed E-state index contributed by atoms with van der Waals surface area (Å²) in [5.41, 5.74) is 0.794. The molecular weight excluding hydrogens is 468 g/mol. The lowest BCUT2D eigenvalue weighted by Crippen LogP contribution is -2.49. The van der Waals surface area contributed by atoms with E-state index in [4.69, 9.17) is 21.1 Å². The Morgan fingerprint density at radius 3 is 2.70 bits per heavy atom. The maximum absolute atomic E-state index is 12.9. The van der Waals surface area contributed by atoms with E-state index in [1.54, 1.807) is 30.3 Å². The number of fused-ring (bicyclic) bond motifs is 1. The minimum atomic E-state index is -3.16. The highest BCUT2D eigenvalue weighted by Gasteiger charge is 2.32. The zero-order valence-corrected chi connectivity index (χ0v) is 19.2. The zero-order valence-electron chi connectivity index (χ0n) is 17.6. The quantitative estimate of drug-likeness (QED) is 0.577. The summed E-state index contributed by atoms with van der Waals surface area (Å²) in [6.07, 6.45) is 3.86. The first kappa shape index (κ1) is 22.6. The lowest BCUT2D eigenvalue weighted by molar-refractivity contribution is -0.120. The van der Waals surface area contributed by atoms with Crippen molar-refractivity contribution in [3.8, 4) is 17.0 Å². The Morgan fingerprint density at radius 1 is 1.27 bits per heavy atom. The summed E-state index contributed by atoms with van der Waals surface area (Å²) in [5.74, 6) is -0.811. The van der Waals surface area contributed by atoms with Crippen molar-refractivity contribution in [2.75, 3.05) is 24.8 Å². The molecule has 3 heterocycles. The molecule has 4 rings (SSSR count). The van der Waals surface area contributed by atoms with Crippen LogP contribution in [0, 0.1) is 4.78 Å². The van der Waals surface area contributed by atoms with Crippen LogP contribution in [0.5, 0.6) is 5.75 Å². The predicted octanol–water partition coefficient (Wildman–Crippen LogP) is 2.38. The summed E-state index contributed by atoms with van der Waals surface area (Å²) in [7, 11) is -1.65. The second kappa shape index (κ2) is 8.75. The van der Waals surface area contributed by atoms with Crippen molar-refractivity contribution >= 4 is 39.0 Å². The lowest BCUT2D eigenvalue weighted by atomic mass is 10.1. The number of halogens is 1. The van der Waals surface area contributed by atoms with Gasteiger partial charge in [0.25, 0.3) is 11.8 Å². The van der Waals surface area contributed by atoms with E-state index in [0.29, 0.717) is 16.3 Å². The number of nitrogens with zero attached hydrogens (tertiary/aromatic N) is 4. The highest BCUT2D eigenvalue weighted by Crippen LogP contribution is 2.30. The number of anilines is 1. The number of pyridine rings is 1. The summed E-state index contributed by atoms with van der Waals surface area (Å²) < 4.78 is 26.0. The van der Waals surface area contributed by atoms with E-state index in [1.165, 1.54) is 36.7 Å². The number of carbonyl (C=O) groups is 2. The Morgan fingerprint density at radius 2 is 2.00 bits per heavy atom. The van der Waals surface area contributed by atoms with Gasteiger partial charge in [0.2, 0.25) is 5.82 Å². The van der Waals surface area contributed by atoms with Crippen LogP contribution in [0.25, 0.3) is 11.3 Å². The number of benzene rings is 1. The van der Waals surface area contributed by atoms with Crippen LogP contribution in [-0.4, -0.2) is 56.9 Å². The van der Waals surface area contributed by atoms with E-state index in [-0.39, 0.29) is 28.8 Å². The normalized spacial score (nSPS) is 17.4. The molecule has 0 fully saturated rings. The van der Waals surface area contributed by atoms with Crippen LogP contribution < -0.4 is 15.0 Å². The monoisotopic (exact) mass is 486 g/mol. The first-order valence-electron chi connectivity index (χ1n) is 9.68. The SMILES string of the molecule is CN1C(=O)C(NC(=O)c2ncc(S(C)(=N)=O)c(-c3ccccc3)n2)COc2cc(Cl)cnc21. The Balaban J connectivity index is 1.63. The van der Waals surface area contributed by atoms with Gasteiger partial charge in [0.05, 0.1) is 25.3 Å². The van der Waals surface area contributed by atoms with E-state index in [9.17, 15) is 13.8 Å². The number of nitrogens with one attached hydrogen (secondary N) is 2. The maximum atomic E-state index is 12.9. The Labute approximate surface area is 195 Å². The summed E-state index contributed by atoms with van der Waals surface area (Å²) in [6, 6.07) is 9.28. The Hall–Kier alpha value is -3.57. The molecule has 0 saturated heterocycles. The molecule has 2 N–H and O–H groups in total. The largest absolute Gasteiger partial charge is 0.487 e. The van der Waals surface area contributed by atoms with Crippen LogP contribution in [0.3, 0.4) is 0 Å². The van der Waals surface area contributed by atoms with E-state index in [0.717, 1.165) is 0 Å². The summed E-state index contributed by atoms with van der Waals surface area (Å²) in [5, 5.41) is 2.93. The van der Waals surface area contributed by atoms with Crippen molar-refractivity contribution in [1.82, 2.24) is 20.3 Å². The molecule has 12 heteroatoms. The second-order valence-corrected chi connectivity index (χ2v) is 9.89. The van der Waals surface area contributed by atoms with Crippen molar-refractivity contribution in [1.29, 1.82) is 4.78 Å². The third kappa shape index (κ3) is 4.64. The van der Waals surface area contributed by atoms with Crippen molar-refractivity contribution in [2.24, 2.45) is 0 Å². The Kier molecular flexibility index (Phi) is 6.00. The molecule has 0 aliphatic carbocycles. The first-order chi connectivity index (χ1) is 15.6. The fraction of sp³-hybridized carbons (Fsp3) is 0.190. The standard InChI is InChI=1S/C21H19ClN6O4S/c1-28-19-15(8-13(22)9-25-19)32-11-14(21(28)30)26-20(29)18-24-10-16(33(2,23)31)17(27-18)12-6-4-3-5-7-12/h3-10,14,23H,11H2,1-2H3,(H,26,29). The van der Waals surface area contributed by atoms with Crippen molar-refractivity contribution in [3.63, 3.8) is 0 Å². The van der Waals surface area contributed by atoms with E-state index in [2.05, 4.69) is 20.3 Å². The number of likely N-dealkylation sites (N-methyl/N-ethyl adjacent to an activating group) is 1. The van der Waals surface area contributed by atoms with Crippen molar-refractivity contribution in [3.05, 3.63) is 59.6 Å². The number of aromatic nitrogens is 3. The first-order valence-corrected chi connectivity index (χ1v) is 12.0. The van der Waals surface area contributed by atoms with Crippen molar-refractivity contribution < 1.29 is 18.5 Å². The number of carbonyl (C=O) groups excluding carboxylic acids is 2. The van der Waals surface area contributed by atoms with Crippen LogP contribution in [-0.2, 0) is 14.5 Å². The third-order valence-corrected chi connectivity index (χ3v) is 6.23. The molecule has 0 bridgehead atoms. The number of rotatable bonds is 4. The minimum Gasteiger partial charge on any atom is -0.487 e. The molecular formula is C21H19ClN6O4S. The number of hydrogen-bond acceptors (Lipinski definition) is 8. The van der Waals surface area contributed by atoms with Crippen LogP contribution in [0.2, 0.25) is 5.02 Å². The minimum absolute atomic E-state index is 0.109. The second-order valence-electron chi connectivity index (χ2n) is 7.33. The maximum Gasteiger partial charge on any atom is 0.289 e. The van der Waals surface area contributed by atoms with Gasteiger partial charge in [-0.25, -0.2) is 23.9 Å². The molecule has 0 spiro atoms. The molecule has 10 nitrogen and oxygen atoms in total. The van der Waals surface area contributed by atoms with Gasteiger partial charge in [-0.1, -0.05) is 41.9 Å². The van der Waals surface area contributed by atoms with Gasteiger partial charge >= 0.3 is 0 Å². The van der Waals surface area contributed by atoms with Crippen LogP contribution in [0.4, 0.5) is 5.82 Å². The zero-order chi connectivity index (χ0) is 23.8. The summed E-state index contributed by atoms with van der Waals surface area (Å²) >= 11 is 5.96. The van der Waals surface area contributed by atoms with Crippen LogP contribution in [0.1, 0.15) is 10.6 Å². The average Bonchev–Trinajstić information content (AvgIpc) is 2.90. The van der Waals surface area contributed by atoms with Crippen LogP contribution in [0.15, 0.2) is 53.7 Å². The molecule has 1 aliphatic rings.